The van der Waals surface area contributed by atoms with Crippen LogP contribution < -0.4 is 21.0 Å². The second-order valence-electron chi connectivity index (χ2n) is 10.3. The molecule has 5 nitrogen and oxygen atoms in total. The first-order chi connectivity index (χ1) is 18.1. The minimum Gasteiger partial charge on any atom is -0.444 e. The second-order valence-corrected chi connectivity index (χ2v) is 12.8. The Balaban J connectivity index is 1.96. The Labute approximate surface area is 225 Å². The summed E-state index contributed by atoms with van der Waals surface area (Å²) in [4.78, 5) is 13.1. The smallest absolute Gasteiger partial charge is 0.407 e. The third-order valence-electron chi connectivity index (χ3n) is 6.41. The molecular weight excluding hydrogens is 491 g/mol. The quantitative estimate of drug-likeness (QED) is 0.262. The zero-order chi connectivity index (χ0) is 27.2. The maximum Gasteiger partial charge on any atom is 0.407 e. The highest BCUT2D eigenvalue weighted by molar-refractivity contribution is 7.77. The molecular formula is C32H35N2O3P. The van der Waals surface area contributed by atoms with Gasteiger partial charge in [-0.1, -0.05) is 97.1 Å². The minimum atomic E-state index is -3.46. The van der Waals surface area contributed by atoms with E-state index in [4.69, 9.17) is 4.74 Å². The molecule has 0 saturated heterocycles. The molecule has 0 radical (unpaired) electrons. The normalized spacial score (nSPS) is 12.9. The molecule has 1 amide bonds. The number of carbonyl (C=O) groups is 1. The van der Waals surface area contributed by atoms with E-state index in [-0.39, 0.29) is 0 Å². The number of alkyl carbamates (subject to hydrolysis) is 1. The van der Waals surface area contributed by atoms with Crippen LogP contribution in [0.25, 0.3) is 0 Å². The Hall–Kier alpha value is -3.66. The van der Waals surface area contributed by atoms with Crippen LogP contribution in [-0.4, -0.2) is 17.7 Å². The molecule has 0 aliphatic rings. The number of benzene rings is 4. The van der Waals surface area contributed by atoms with Gasteiger partial charge in [0, 0.05) is 10.6 Å². The molecule has 196 valence electrons. The van der Waals surface area contributed by atoms with Crippen LogP contribution in [0.1, 0.15) is 38.8 Å². The van der Waals surface area contributed by atoms with Crippen LogP contribution in [0, 0.1) is 0 Å². The van der Waals surface area contributed by atoms with Gasteiger partial charge in [-0.2, -0.15) is 0 Å². The van der Waals surface area contributed by atoms with Gasteiger partial charge in [-0.05, 0) is 63.1 Å². The first-order valence-electron chi connectivity index (χ1n) is 12.8. The van der Waals surface area contributed by atoms with Crippen molar-refractivity contribution in [3.8, 4) is 0 Å². The Kier molecular flexibility index (Phi) is 8.20. The zero-order valence-corrected chi connectivity index (χ0v) is 23.2. The molecule has 0 aliphatic heterocycles. The highest BCUT2D eigenvalue weighted by Gasteiger charge is 2.46. The fourth-order valence-electron chi connectivity index (χ4n) is 4.69. The lowest BCUT2D eigenvalue weighted by Crippen LogP contribution is -2.58. The predicted molar refractivity (Wildman–Crippen MR) is 155 cm³/mol. The van der Waals surface area contributed by atoms with Crippen molar-refractivity contribution in [2.45, 2.75) is 44.9 Å². The lowest BCUT2D eigenvalue weighted by molar-refractivity contribution is 0.0487. The Morgan fingerprint density at radius 1 is 0.684 bits per heavy atom. The van der Waals surface area contributed by atoms with Gasteiger partial charge in [0.25, 0.3) is 0 Å². The number of carbonyl (C=O) groups excluding carboxylic acids is 1. The first kappa shape index (κ1) is 27.4. The van der Waals surface area contributed by atoms with Gasteiger partial charge in [-0.3, -0.25) is 4.57 Å². The lowest BCUT2D eigenvalue weighted by Gasteiger charge is -2.44. The van der Waals surface area contributed by atoms with Crippen LogP contribution in [0.4, 0.5) is 4.79 Å². The van der Waals surface area contributed by atoms with Crippen molar-refractivity contribution < 1.29 is 14.1 Å². The molecule has 4 aromatic rings. The number of ether oxygens (including phenoxy) is 1. The summed E-state index contributed by atoms with van der Waals surface area (Å²) in [6.45, 7) is 7.40. The van der Waals surface area contributed by atoms with Crippen LogP contribution in [-0.2, 0) is 14.8 Å². The average Bonchev–Trinajstić information content (AvgIpc) is 2.92. The van der Waals surface area contributed by atoms with Crippen molar-refractivity contribution in [3.05, 3.63) is 132 Å². The summed E-state index contributed by atoms with van der Waals surface area (Å²) < 4.78 is 21.0. The summed E-state index contributed by atoms with van der Waals surface area (Å²) >= 11 is 0. The molecule has 0 fully saturated rings. The molecule has 0 bridgehead atoms. The predicted octanol–water partition coefficient (Wildman–Crippen LogP) is 6.36. The van der Waals surface area contributed by atoms with Gasteiger partial charge in [0.15, 0.2) is 0 Å². The van der Waals surface area contributed by atoms with Crippen LogP contribution >= 0.6 is 7.29 Å². The van der Waals surface area contributed by atoms with E-state index in [1.165, 1.54) is 0 Å². The number of nitrogens with one attached hydrogen (secondary N) is 2. The standard InChI is InChI=1S/C32H35N2O3P/c1-25(33-30(35)37-31(2,3)4)32(26-17-9-5-10-18-26,27-19-11-6-12-20-27)34-38(36,28-21-13-7-14-22-28)29-23-15-8-16-24-29/h5-25H,1-4H3,(H,33,35)(H,34,36)/t25-/m0/s1. The number of rotatable bonds is 8. The topological polar surface area (TPSA) is 67.4 Å². The second kappa shape index (κ2) is 11.4. The molecule has 4 rings (SSSR count). The molecule has 6 heteroatoms. The third kappa shape index (κ3) is 5.91. The Morgan fingerprint density at radius 2 is 1.05 bits per heavy atom. The fourth-order valence-corrected chi connectivity index (χ4v) is 7.38. The number of amides is 1. The Bertz CT molecular complexity index is 1290. The van der Waals surface area contributed by atoms with E-state index in [2.05, 4.69) is 10.4 Å². The number of hydrogen-bond donors (Lipinski definition) is 2. The molecule has 1 atom stereocenters. The van der Waals surface area contributed by atoms with E-state index >= 15 is 4.57 Å². The molecule has 0 aromatic heterocycles. The maximum atomic E-state index is 15.3. The van der Waals surface area contributed by atoms with Crippen molar-refractivity contribution in [1.82, 2.24) is 10.4 Å². The van der Waals surface area contributed by atoms with Crippen LogP contribution in [0.3, 0.4) is 0 Å². The highest BCUT2D eigenvalue weighted by Crippen LogP contribution is 2.47. The van der Waals surface area contributed by atoms with Crippen molar-refractivity contribution in [3.63, 3.8) is 0 Å². The van der Waals surface area contributed by atoms with E-state index in [0.29, 0.717) is 10.6 Å². The molecule has 38 heavy (non-hydrogen) atoms. The highest BCUT2D eigenvalue weighted by atomic mass is 31.2. The summed E-state index contributed by atoms with van der Waals surface area (Å²) in [5.74, 6) is 0. The van der Waals surface area contributed by atoms with Crippen LogP contribution in [0.2, 0.25) is 0 Å². The molecule has 0 unspecified atom stereocenters. The van der Waals surface area contributed by atoms with E-state index in [1.807, 2.05) is 149 Å². The summed E-state index contributed by atoms with van der Waals surface area (Å²) in [6.07, 6.45) is -0.544. The molecule has 0 spiro atoms. The van der Waals surface area contributed by atoms with E-state index in [0.717, 1.165) is 11.1 Å². The zero-order valence-electron chi connectivity index (χ0n) is 22.3. The largest absolute Gasteiger partial charge is 0.444 e. The summed E-state index contributed by atoms with van der Waals surface area (Å²) in [6, 6.07) is 38.0. The maximum absolute atomic E-state index is 15.3. The lowest BCUT2D eigenvalue weighted by atomic mass is 9.78. The number of hydrogen-bond acceptors (Lipinski definition) is 3. The van der Waals surface area contributed by atoms with Gasteiger partial charge >= 0.3 is 6.09 Å². The van der Waals surface area contributed by atoms with Crippen molar-refractivity contribution >= 4 is 24.0 Å². The van der Waals surface area contributed by atoms with Crippen molar-refractivity contribution in [1.29, 1.82) is 0 Å². The SMILES string of the molecule is C[C@H](NC(=O)OC(C)(C)C)C(NP(=O)(c1ccccc1)c1ccccc1)(c1ccccc1)c1ccccc1. The van der Waals surface area contributed by atoms with E-state index in [1.54, 1.807) is 0 Å². The molecule has 0 saturated carbocycles. The molecule has 2 N–H and O–H groups in total. The average molecular weight is 527 g/mol. The van der Waals surface area contributed by atoms with Gasteiger partial charge in [-0.15, -0.1) is 0 Å². The summed E-state index contributed by atoms with van der Waals surface area (Å²) in [5, 5.41) is 8.06. The molecule has 0 heterocycles. The van der Waals surface area contributed by atoms with Crippen molar-refractivity contribution in [2.75, 3.05) is 0 Å². The minimum absolute atomic E-state index is 0.544. The van der Waals surface area contributed by atoms with E-state index < -0.39 is 30.6 Å². The van der Waals surface area contributed by atoms with Crippen LogP contribution in [0.15, 0.2) is 121 Å². The van der Waals surface area contributed by atoms with E-state index in [9.17, 15) is 4.79 Å². The monoisotopic (exact) mass is 526 g/mol. The van der Waals surface area contributed by atoms with Gasteiger partial charge in [0.2, 0.25) is 7.29 Å². The van der Waals surface area contributed by atoms with Crippen LogP contribution in [0.5, 0.6) is 0 Å². The molecule has 4 aromatic carbocycles. The summed E-state index contributed by atoms with van der Waals surface area (Å²) in [5.41, 5.74) is -0.0210. The van der Waals surface area contributed by atoms with Gasteiger partial charge in [0.05, 0.1) is 11.6 Å². The third-order valence-corrected chi connectivity index (χ3v) is 9.13. The van der Waals surface area contributed by atoms with Crippen molar-refractivity contribution in [2.24, 2.45) is 0 Å². The van der Waals surface area contributed by atoms with Gasteiger partial charge < -0.3 is 10.1 Å². The summed E-state index contributed by atoms with van der Waals surface area (Å²) in [7, 11) is -3.46. The fraction of sp³-hybridized carbons (Fsp3) is 0.219. The molecule has 0 aliphatic carbocycles. The van der Waals surface area contributed by atoms with Gasteiger partial charge in [0.1, 0.15) is 5.60 Å². The van der Waals surface area contributed by atoms with Gasteiger partial charge in [-0.25, -0.2) is 9.88 Å². The Morgan fingerprint density at radius 3 is 1.42 bits per heavy atom. The first-order valence-corrected chi connectivity index (χ1v) is 14.5.